The van der Waals surface area contributed by atoms with Gasteiger partial charge in [0.15, 0.2) is 0 Å². The van der Waals surface area contributed by atoms with Crippen molar-refractivity contribution in [2.24, 2.45) is 5.92 Å². The molecular weight excluding hydrogens is 327 g/mol. The molecule has 1 aromatic rings. The van der Waals surface area contributed by atoms with Gasteiger partial charge in [-0.1, -0.05) is 19.1 Å². The van der Waals surface area contributed by atoms with Gasteiger partial charge in [0.05, 0.1) is 29.9 Å². The van der Waals surface area contributed by atoms with Gasteiger partial charge in [-0.2, -0.15) is 5.26 Å². The third-order valence-corrected chi connectivity index (χ3v) is 6.00. The summed E-state index contributed by atoms with van der Waals surface area (Å²) >= 11 is 0. The first-order valence-electron chi connectivity index (χ1n) is 9.57. The summed E-state index contributed by atoms with van der Waals surface area (Å²) in [6.45, 7) is 9.74. The molecule has 1 saturated carbocycles. The Balaban J connectivity index is 1.50. The standard InChI is InChI=1S/C20H29BN2O3/c1-5-20(4)19(2,3)25-21(26-20)16-6-8-17(9-7-16)24-18-12-15(13-18)14-23-11-10-22/h6-9,15,18,23H,5,11-14H2,1-4H3. The van der Waals surface area contributed by atoms with Gasteiger partial charge in [0.25, 0.3) is 0 Å². The second-order valence-corrected chi connectivity index (χ2v) is 8.10. The monoisotopic (exact) mass is 356 g/mol. The fraction of sp³-hybridized carbons (Fsp3) is 0.650. The van der Waals surface area contributed by atoms with Crippen molar-refractivity contribution in [2.75, 3.05) is 13.1 Å². The zero-order valence-corrected chi connectivity index (χ0v) is 16.2. The number of ether oxygens (including phenoxy) is 1. The van der Waals surface area contributed by atoms with Gasteiger partial charge >= 0.3 is 7.12 Å². The van der Waals surface area contributed by atoms with Crippen molar-refractivity contribution in [2.45, 2.75) is 64.3 Å². The summed E-state index contributed by atoms with van der Waals surface area (Å²) in [5, 5.41) is 11.7. The number of nitriles is 1. The van der Waals surface area contributed by atoms with Gasteiger partial charge in [0, 0.05) is 0 Å². The second-order valence-electron chi connectivity index (χ2n) is 8.10. The molecule has 1 unspecified atom stereocenters. The minimum absolute atomic E-state index is 0.274. The Morgan fingerprint density at radius 2 is 1.92 bits per heavy atom. The van der Waals surface area contributed by atoms with Gasteiger partial charge in [-0.25, -0.2) is 0 Å². The van der Waals surface area contributed by atoms with E-state index in [1.807, 2.05) is 24.3 Å². The molecule has 1 heterocycles. The number of hydrogen-bond acceptors (Lipinski definition) is 5. The number of nitrogens with one attached hydrogen (secondary N) is 1. The largest absolute Gasteiger partial charge is 0.494 e. The molecular formula is C20H29BN2O3. The van der Waals surface area contributed by atoms with Crippen molar-refractivity contribution >= 4 is 12.6 Å². The SMILES string of the molecule is CCC1(C)OB(c2ccc(OC3CC(CNCC#N)C3)cc2)OC1(C)C. The van der Waals surface area contributed by atoms with E-state index in [0.29, 0.717) is 12.5 Å². The fourth-order valence-electron chi connectivity index (χ4n) is 3.61. The summed E-state index contributed by atoms with van der Waals surface area (Å²) in [7, 11) is -0.330. The molecule has 2 aliphatic rings. The molecule has 1 atom stereocenters. The minimum atomic E-state index is -0.330. The van der Waals surface area contributed by atoms with Crippen LogP contribution in [-0.4, -0.2) is 37.5 Å². The molecule has 0 spiro atoms. The Hall–Kier alpha value is -1.55. The number of benzene rings is 1. The Labute approximate surface area is 157 Å². The highest BCUT2D eigenvalue weighted by Gasteiger charge is 2.53. The predicted octanol–water partition coefficient (Wildman–Crippen LogP) is 2.65. The molecule has 3 rings (SSSR count). The van der Waals surface area contributed by atoms with Gasteiger partial charge < -0.3 is 19.4 Å². The highest BCUT2D eigenvalue weighted by Crippen LogP contribution is 2.39. The van der Waals surface area contributed by atoms with E-state index in [1.54, 1.807) is 0 Å². The van der Waals surface area contributed by atoms with E-state index in [9.17, 15) is 0 Å². The van der Waals surface area contributed by atoms with E-state index in [-0.39, 0.29) is 24.4 Å². The first-order valence-corrected chi connectivity index (χ1v) is 9.57. The van der Waals surface area contributed by atoms with Crippen molar-refractivity contribution in [3.05, 3.63) is 24.3 Å². The lowest BCUT2D eigenvalue weighted by Gasteiger charge is -2.35. The average molecular weight is 356 g/mol. The van der Waals surface area contributed by atoms with Crippen molar-refractivity contribution in [3.63, 3.8) is 0 Å². The quantitative estimate of drug-likeness (QED) is 0.462. The maximum absolute atomic E-state index is 8.53. The Kier molecular flexibility index (Phi) is 5.62. The molecule has 0 aromatic heterocycles. The molecule has 1 aliphatic heterocycles. The predicted molar refractivity (Wildman–Crippen MR) is 102 cm³/mol. The van der Waals surface area contributed by atoms with Gasteiger partial charge in [-0.05, 0) is 70.1 Å². The summed E-state index contributed by atoms with van der Waals surface area (Å²) in [6, 6.07) is 10.2. The smallest absolute Gasteiger partial charge is 0.490 e. The fourth-order valence-corrected chi connectivity index (χ4v) is 3.61. The molecule has 1 saturated heterocycles. The van der Waals surface area contributed by atoms with Gasteiger partial charge in [0.1, 0.15) is 5.75 Å². The third-order valence-electron chi connectivity index (χ3n) is 6.00. The topological polar surface area (TPSA) is 63.5 Å². The Bertz CT molecular complexity index is 652. The highest BCUT2D eigenvalue weighted by atomic mass is 16.7. The van der Waals surface area contributed by atoms with Crippen LogP contribution in [0.3, 0.4) is 0 Å². The lowest BCUT2D eigenvalue weighted by molar-refractivity contribution is -0.0118. The molecule has 0 bridgehead atoms. The Morgan fingerprint density at radius 1 is 1.23 bits per heavy atom. The van der Waals surface area contributed by atoms with E-state index in [4.69, 9.17) is 19.3 Å². The van der Waals surface area contributed by atoms with Crippen LogP contribution in [0.2, 0.25) is 0 Å². The average Bonchev–Trinajstić information content (AvgIpc) is 2.83. The second kappa shape index (κ2) is 7.60. The van der Waals surface area contributed by atoms with Crippen LogP contribution >= 0.6 is 0 Å². The van der Waals surface area contributed by atoms with E-state index < -0.39 is 0 Å². The van der Waals surface area contributed by atoms with Crippen molar-refractivity contribution in [1.82, 2.24) is 5.32 Å². The summed E-state index contributed by atoms with van der Waals surface area (Å²) in [6.07, 6.45) is 3.26. The van der Waals surface area contributed by atoms with Crippen LogP contribution in [0.1, 0.15) is 47.0 Å². The van der Waals surface area contributed by atoms with Crippen LogP contribution in [0.15, 0.2) is 24.3 Å². The van der Waals surface area contributed by atoms with Crippen LogP contribution in [0.4, 0.5) is 0 Å². The minimum Gasteiger partial charge on any atom is -0.490 e. The maximum Gasteiger partial charge on any atom is 0.494 e. The summed E-state index contributed by atoms with van der Waals surface area (Å²) < 4.78 is 18.4. The molecule has 2 fully saturated rings. The van der Waals surface area contributed by atoms with Crippen LogP contribution in [0.25, 0.3) is 0 Å². The van der Waals surface area contributed by atoms with Crippen molar-refractivity contribution < 1.29 is 14.0 Å². The van der Waals surface area contributed by atoms with Crippen molar-refractivity contribution in [1.29, 1.82) is 5.26 Å². The lowest BCUT2D eigenvalue weighted by Crippen LogP contribution is -2.44. The van der Waals surface area contributed by atoms with Crippen LogP contribution < -0.4 is 15.5 Å². The van der Waals surface area contributed by atoms with Crippen LogP contribution in [-0.2, 0) is 9.31 Å². The van der Waals surface area contributed by atoms with Crippen LogP contribution in [0, 0.1) is 17.2 Å². The molecule has 26 heavy (non-hydrogen) atoms. The summed E-state index contributed by atoms with van der Waals surface area (Å²) in [5.74, 6) is 1.50. The molecule has 1 N–H and O–H groups in total. The molecule has 140 valence electrons. The molecule has 5 nitrogen and oxygen atoms in total. The van der Waals surface area contributed by atoms with E-state index >= 15 is 0 Å². The molecule has 6 heteroatoms. The zero-order chi connectivity index (χ0) is 18.8. The zero-order valence-electron chi connectivity index (χ0n) is 16.2. The number of nitrogens with zero attached hydrogens (tertiary/aromatic N) is 1. The molecule has 1 aromatic carbocycles. The van der Waals surface area contributed by atoms with E-state index in [0.717, 1.165) is 37.0 Å². The van der Waals surface area contributed by atoms with E-state index in [1.165, 1.54) is 0 Å². The summed E-state index contributed by atoms with van der Waals surface area (Å²) in [5.41, 5.74) is 0.421. The highest BCUT2D eigenvalue weighted by molar-refractivity contribution is 6.62. The summed E-state index contributed by atoms with van der Waals surface area (Å²) in [4.78, 5) is 0. The maximum atomic E-state index is 8.53. The normalized spacial score (nSPS) is 29.9. The van der Waals surface area contributed by atoms with Gasteiger partial charge in [-0.15, -0.1) is 0 Å². The first-order chi connectivity index (χ1) is 12.4. The molecule has 0 amide bonds. The van der Waals surface area contributed by atoms with E-state index in [2.05, 4.69) is 39.1 Å². The van der Waals surface area contributed by atoms with Gasteiger partial charge in [-0.3, -0.25) is 0 Å². The van der Waals surface area contributed by atoms with Gasteiger partial charge in [0.2, 0.25) is 0 Å². The molecule has 1 aliphatic carbocycles. The third kappa shape index (κ3) is 3.90. The molecule has 0 radical (unpaired) electrons. The Morgan fingerprint density at radius 3 is 2.50 bits per heavy atom. The van der Waals surface area contributed by atoms with Crippen LogP contribution in [0.5, 0.6) is 5.75 Å². The number of rotatable bonds is 7. The number of hydrogen-bond donors (Lipinski definition) is 1. The lowest BCUT2D eigenvalue weighted by atomic mass is 9.79. The first kappa shape index (κ1) is 19.2. The van der Waals surface area contributed by atoms with Crippen molar-refractivity contribution in [3.8, 4) is 11.8 Å².